The molecule has 30 heavy (non-hydrogen) atoms. The van der Waals surface area contributed by atoms with E-state index in [9.17, 15) is 4.79 Å². The molecule has 0 saturated carbocycles. The van der Waals surface area contributed by atoms with E-state index in [1.165, 1.54) is 5.56 Å². The maximum atomic E-state index is 12.9. The minimum absolute atomic E-state index is 0.187. The lowest BCUT2D eigenvalue weighted by atomic mass is 9.83. The molecule has 0 N–H and O–H groups in total. The number of amides is 1. The Hall–Kier alpha value is -2.69. The summed E-state index contributed by atoms with van der Waals surface area (Å²) in [4.78, 5) is 14.9. The molecule has 0 bridgehead atoms. The third-order valence-electron chi connectivity index (χ3n) is 6.16. The van der Waals surface area contributed by atoms with Crippen molar-refractivity contribution in [2.24, 2.45) is 5.41 Å². The average molecular weight is 412 g/mol. The zero-order valence-electron chi connectivity index (χ0n) is 18.6. The topological polar surface area (TPSA) is 48.0 Å². The Morgan fingerprint density at radius 1 is 0.967 bits per heavy atom. The van der Waals surface area contributed by atoms with Crippen molar-refractivity contribution in [2.75, 3.05) is 34.4 Å². The second-order valence-electron chi connectivity index (χ2n) is 8.35. The van der Waals surface area contributed by atoms with Gasteiger partial charge < -0.3 is 19.1 Å². The number of carbonyl (C=O) groups is 1. The maximum Gasteiger partial charge on any atom is 0.222 e. The summed E-state index contributed by atoms with van der Waals surface area (Å²) in [7, 11) is 4.81. The molecule has 2 aromatic rings. The number of benzene rings is 2. The Balaban J connectivity index is 1.57. The summed E-state index contributed by atoms with van der Waals surface area (Å²) in [6.45, 7) is 3.98. The van der Waals surface area contributed by atoms with Crippen molar-refractivity contribution in [1.29, 1.82) is 0 Å². The van der Waals surface area contributed by atoms with Gasteiger partial charge in [0.05, 0.1) is 21.3 Å². The summed E-state index contributed by atoms with van der Waals surface area (Å²) in [5, 5.41) is 0. The van der Waals surface area contributed by atoms with Crippen molar-refractivity contribution < 1.29 is 19.0 Å². The van der Waals surface area contributed by atoms with Gasteiger partial charge in [-0.25, -0.2) is 0 Å². The Labute approximate surface area is 179 Å². The van der Waals surface area contributed by atoms with E-state index in [1.807, 2.05) is 17.0 Å². The molecule has 0 spiro atoms. The van der Waals surface area contributed by atoms with Crippen LogP contribution in [0.1, 0.15) is 37.3 Å². The number of likely N-dealkylation sites (tertiary alicyclic amines) is 1. The van der Waals surface area contributed by atoms with Crippen molar-refractivity contribution in [3.05, 3.63) is 53.6 Å². The van der Waals surface area contributed by atoms with Crippen LogP contribution in [-0.2, 0) is 17.6 Å². The van der Waals surface area contributed by atoms with Crippen molar-refractivity contribution in [2.45, 2.75) is 39.0 Å². The molecule has 1 fully saturated rings. The van der Waals surface area contributed by atoms with E-state index < -0.39 is 0 Å². The first-order chi connectivity index (χ1) is 14.5. The largest absolute Gasteiger partial charge is 0.493 e. The van der Waals surface area contributed by atoms with E-state index in [2.05, 4.69) is 37.3 Å². The number of hydrogen-bond acceptors (Lipinski definition) is 4. The minimum Gasteiger partial charge on any atom is -0.493 e. The van der Waals surface area contributed by atoms with Crippen LogP contribution in [0.4, 0.5) is 0 Å². The highest BCUT2D eigenvalue weighted by atomic mass is 16.5. The van der Waals surface area contributed by atoms with Crippen LogP contribution in [0.3, 0.4) is 0 Å². The van der Waals surface area contributed by atoms with Crippen LogP contribution >= 0.6 is 0 Å². The molecule has 0 radical (unpaired) electrons. The van der Waals surface area contributed by atoms with Crippen molar-refractivity contribution in [3.8, 4) is 17.2 Å². The maximum absolute atomic E-state index is 12.9. The zero-order chi connectivity index (χ0) is 21.6. The predicted molar refractivity (Wildman–Crippen MR) is 118 cm³/mol. The SMILES string of the molecule is COc1ccc(CCC(=O)N2CCC(C)(CCc3ccccc3)C2)c(OC)c1OC. The molecule has 1 aliphatic heterocycles. The fourth-order valence-electron chi connectivity index (χ4n) is 4.29. The third-order valence-corrected chi connectivity index (χ3v) is 6.16. The number of rotatable bonds is 9. The summed E-state index contributed by atoms with van der Waals surface area (Å²) >= 11 is 0. The number of methoxy groups -OCH3 is 3. The van der Waals surface area contributed by atoms with Gasteiger partial charge in [0.25, 0.3) is 0 Å². The molecule has 2 aromatic carbocycles. The molecule has 1 atom stereocenters. The van der Waals surface area contributed by atoms with Gasteiger partial charge in [0.1, 0.15) is 0 Å². The zero-order valence-corrected chi connectivity index (χ0v) is 18.6. The highest BCUT2D eigenvalue weighted by molar-refractivity contribution is 5.77. The van der Waals surface area contributed by atoms with E-state index in [0.717, 1.165) is 37.9 Å². The summed E-state index contributed by atoms with van der Waals surface area (Å²) in [5.74, 6) is 2.03. The van der Waals surface area contributed by atoms with Gasteiger partial charge in [-0.3, -0.25) is 4.79 Å². The highest BCUT2D eigenvalue weighted by Crippen LogP contribution is 2.40. The fourth-order valence-corrected chi connectivity index (χ4v) is 4.29. The summed E-state index contributed by atoms with van der Waals surface area (Å²) in [5.41, 5.74) is 2.51. The van der Waals surface area contributed by atoms with Gasteiger partial charge in [-0.2, -0.15) is 0 Å². The van der Waals surface area contributed by atoms with E-state index in [-0.39, 0.29) is 11.3 Å². The van der Waals surface area contributed by atoms with Gasteiger partial charge in [0.2, 0.25) is 11.7 Å². The number of carbonyl (C=O) groups excluding carboxylic acids is 1. The highest BCUT2D eigenvalue weighted by Gasteiger charge is 2.35. The van der Waals surface area contributed by atoms with Crippen LogP contribution in [0.25, 0.3) is 0 Å². The van der Waals surface area contributed by atoms with Crippen LogP contribution in [0, 0.1) is 5.41 Å². The lowest BCUT2D eigenvalue weighted by Crippen LogP contribution is -2.31. The van der Waals surface area contributed by atoms with Gasteiger partial charge in [-0.1, -0.05) is 43.3 Å². The van der Waals surface area contributed by atoms with E-state index >= 15 is 0 Å². The Morgan fingerprint density at radius 3 is 2.37 bits per heavy atom. The summed E-state index contributed by atoms with van der Waals surface area (Å²) in [6, 6.07) is 14.4. The molecular weight excluding hydrogens is 378 g/mol. The molecule has 1 saturated heterocycles. The molecular formula is C25H33NO4. The Morgan fingerprint density at radius 2 is 1.70 bits per heavy atom. The molecule has 1 heterocycles. The monoisotopic (exact) mass is 411 g/mol. The Kier molecular flexibility index (Phi) is 7.24. The minimum atomic E-state index is 0.187. The smallest absolute Gasteiger partial charge is 0.222 e. The number of hydrogen-bond donors (Lipinski definition) is 0. The van der Waals surface area contributed by atoms with E-state index in [0.29, 0.717) is 30.1 Å². The van der Waals surface area contributed by atoms with Crippen LogP contribution < -0.4 is 14.2 Å². The molecule has 0 aliphatic carbocycles. The van der Waals surface area contributed by atoms with Crippen LogP contribution in [0.2, 0.25) is 0 Å². The van der Waals surface area contributed by atoms with Crippen LogP contribution in [-0.4, -0.2) is 45.2 Å². The van der Waals surface area contributed by atoms with Gasteiger partial charge in [0, 0.05) is 19.5 Å². The first-order valence-electron chi connectivity index (χ1n) is 10.6. The molecule has 5 nitrogen and oxygen atoms in total. The lowest BCUT2D eigenvalue weighted by Gasteiger charge is -2.25. The second-order valence-corrected chi connectivity index (χ2v) is 8.35. The summed E-state index contributed by atoms with van der Waals surface area (Å²) in [6.07, 6.45) is 4.29. The van der Waals surface area contributed by atoms with Gasteiger partial charge >= 0.3 is 0 Å². The fraction of sp³-hybridized carbons (Fsp3) is 0.480. The molecule has 162 valence electrons. The summed E-state index contributed by atoms with van der Waals surface area (Å²) < 4.78 is 16.3. The van der Waals surface area contributed by atoms with Gasteiger partial charge in [-0.05, 0) is 48.3 Å². The quantitative estimate of drug-likeness (QED) is 0.609. The number of aryl methyl sites for hydroxylation is 2. The second kappa shape index (κ2) is 9.88. The number of ether oxygens (including phenoxy) is 3. The van der Waals surface area contributed by atoms with Gasteiger partial charge in [-0.15, -0.1) is 0 Å². The first-order valence-corrected chi connectivity index (χ1v) is 10.6. The predicted octanol–water partition coefficient (Wildman–Crippen LogP) is 4.52. The van der Waals surface area contributed by atoms with Crippen LogP contribution in [0.15, 0.2) is 42.5 Å². The van der Waals surface area contributed by atoms with Crippen LogP contribution in [0.5, 0.6) is 17.2 Å². The normalized spacial score (nSPS) is 18.3. The third kappa shape index (κ3) is 5.07. The lowest BCUT2D eigenvalue weighted by molar-refractivity contribution is -0.130. The van der Waals surface area contributed by atoms with E-state index in [1.54, 1.807) is 21.3 Å². The average Bonchev–Trinajstić information content (AvgIpc) is 3.18. The number of nitrogens with zero attached hydrogens (tertiary/aromatic N) is 1. The standard InChI is InChI=1S/C25H33NO4/c1-25(15-14-19-8-6-5-7-9-19)16-17-26(18-25)22(27)13-11-20-10-12-21(28-2)24(30-4)23(20)29-3/h5-10,12H,11,13-18H2,1-4H3. The molecule has 3 rings (SSSR count). The van der Waals surface area contributed by atoms with Crippen molar-refractivity contribution >= 4 is 5.91 Å². The Bertz CT molecular complexity index is 852. The molecule has 0 aromatic heterocycles. The molecule has 5 heteroatoms. The first kappa shape index (κ1) is 22.0. The van der Waals surface area contributed by atoms with Crippen molar-refractivity contribution in [1.82, 2.24) is 4.90 Å². The van der Waals surface area contributed by atoms with Crippen molar-refractivity contribution in [3.63, 3.8) is 0 Å². The molecule has 1 aliphatic rings. The molecule has 1 amide bonds. The van der Waals surface area contributed by atoms with E-state index in [4.69, 9.17) is 14.2 Å². The van der Waals surface area contributed by atoms with Gasteiger partial charge in [0.15, 0.2) is 11.5 Å². The molecule has 1 unspecified atom stereocenters.